The summed E-state index contributed by atoms with van der Waals surface area (Å²) >= 11 is 0. The Kier molecular flexibility index (Phi) is 10.5. The van der Waals surface area contributed by atoms with E-state index in [-0.39, 0.29) is 36.5 Å². The summed E-state index contributed by atoms with van der Waals surface area (Å²) in [6, 6.07) is 24.5. The maximum absolute atomic E-state index is 13.5. The second-order valence-electron chi connectivity index (χ2n) is 9.26. The lowest BCUT2D eigenvalue weighted by molar-refractivity contribution is -0.141. The Balaban J connectivity index is 1.78. The van der Waals surface area contributed by atoms with Gasteiger partial charge in [-0.05, 0) is 47.7 Å². The van der Waals surface area contributed by atoms with E-state index in [2.05, 4.69) is 5.32 Å². The number of amides is 2. The molecule has 0 spiro atoms. The van der Waals surface area contributed by atoms with Crippen LogP contribution >= 0.6 is 0 Å². The molecule has 0 aromatic heterocycles. The van der Waals surface area contributed by atoms with Gasteiger partial charge in [-0.25, -0.2) is 4.39 Å². The molecule has 190 valence electrons. The fraction of sp³-hybridized carbons (Fsp3) is 0.333. The molecular formula is C30H35FN2O3. The minimum Gasteiger partial charge on any atom is -0.494 e. The summed E-state index contributed by atoms with van der Waals surface area (Å²) in [5.41, 5.74) is 1.73. The first-order valence-electron chi connectivity index (χ1n) is 12.5. The third kappa shape index (κ3) is 8.84. The summed E-state index contributed by atoms with van der Waals surface area (Å²) in [7, 11) is 0. The molecule has 5 nitrogen and oxygen atoms in total. The molecular weight excluding hydrogens is 455 g/mol. The quantitative estimate of drug-likeness (QED) is 0.327. The zero-order chi connectivity index (χ0) is 25.8. The fourth-order valence-electron chi connectivity index (χ4n) is 3.84. The van der Waals surface area contributed by atoms with Crippen molar-refractivity contribution in [3.8, 4) is 5.75 Å². The molecule has 3 rings (SSSR count). The largest absolute Gasteiger partial charge is 0.494 e. The summed E-state index contributed by atoms with van der Waals surface area (Å²) in [5.74, 6) is 0.358. The van der Waals surface area contributed by atoms with Crippen LogP contribution in [0.1, 0.15) is 37.8 Å². The molecule has 0 aliphatic carbocycles. The molecule has 3 aromatic rings. The van der Waals surface area contributed by atoms with E-state index < -0.39 is 6.04 Å². The van der Waals surface area contributed by atoms with Crippen LogP contribution in [0.4, 0.5) is 4.39 Å². The van der Waals surface area contributed by atoms with Crippen LogP contribution in [0.5, 0.6) is 5.75 Å². The minimum absolute atomic E-state index is 0.142. The lowest BCUT2D eigenvalue weighted by atomic mass is 10.0. The van der Waals surface area contributed by atoms with Gasteiger partial charge >= 0.3 is 0 Å². The molecule has 0 aliphatic heterocycles. The number of rotatable bonds is 13. The predicted molar refractivity (Wildman–Crippen MR) is 140 cm³/mol. The van der Waals surface area contributed by atoms with Crippen LogP contribution in [0.15, 0.2) is 84.9 Å². The molecule has 2 amide bonds. The Bertz CT molecular complexity index is 1070. The van der Waals surface area contributed by atoms with Gasteiger partial charge in [-0.15, -0.1) is 0 Å². The Hall–Kier alpha value is -3.67. The molecule has 6 heteroatoms. The molecule has 36 heavy (non-hydrogen) atoms. The first-order chi connectivity index (χ1) is 17.4. The van der Waals surface area contributed by atoms with Crippen LogP contribution < -0.4 is 10.1 Å². The molecule has 0 bridgehead atoms. The maximum Gasteiger partial charge on any atom is 0.243 e. The number of halogens is 1. The molecule has 1 atom stereocenters. The van der Waals surface area contributed by atoms with E-state index in [0.717, 1.165) is 16.9 Å². The first kappa shape index (κ1) is 26.9. The van der Waals surface area contributed by atoms with Gasteiger partial charge in [-0.2, -0.15) is 0 Å². The smallest absolute Gasteiger partial charge is 0.243 e. The van der Waals surface area contributed by atoms with E-state index in [1.54, 1.807) is 17.0 Å². The number of para-hydroxylation sites is 1. The van der Waals surface area contributed by atoms with E-state index in [0.29, 0.717) is 26.0 Å². The standard InChI is InChI=1S/C30H35FN2O3/c1-23(2)21-32-30(35)28(20-24-10-5-3-6-11-24)33(22-25-15-17-26(31)18-16-25)29(34)14-9-19-36-27-12-7-4-8-13-27/h3-8,10-13,15-18,23,28H,9,14,19-22H2,1-2H3,(H,32,35). The maximum atomic E-state index is 13.5. The zero-order valence-corrected chi connectivity index (χ0v) is 21.0. The van der Waals surface area contributed by atoms with E-state index >= 15 is 0 Å². The van der Waals surface area contributed by atoms with Crippen molar-refractivity contribution >= 4 is 11.8 Å². The Morgan fingerprint density at radius 3 is 2.17 bits per heavy atom. The van der Waals surface area contributed by atoms with Gasteiger partial charge in [-0.1, -0.05) is 74.5 Å². The minimum atomic E-state index is -0.696. The van der Waals surface area contributed by atoms with E-state index in [1.165, 1.54) is 12.1 Å². The molecule has 0 fully saturated rings. The van der Waals surface area contributed by atoms with E-state index in [1.807, 2.05) is 74.5 Å². The number of hydrogen-bond acceptors (Lipinski definition) is 3. The van der Waals surface area contributed by atoms with Crippen LogP contribution in [0.25, 0.3) is 0 Å². The van der Waals surface area contributed by atoms with Gasteiger partial charge in [0.25, 0.3) is 0 Å². The highest BCUT2D eigenvalue weighted by Crippen LogP contribution is 2.17. The lowest BCUT2D eigenvalue weighted by Crippen LogP contribution is -2.51. The summed E-state index contributed by atoms with van der Waals surface area (Å²) in [4.78, 5) is 28.5. The number of nitrogens with one attached hydrogen (secondary N) is 1. The predicted octanol–water partition coefficient (Wildman–Crippen LogP) is 5.40. The van der Waals surface area contributed by atoms with Gasteiger partial charge in [0.05, 0.1) is 6.61 Å². The molecule has 0 saturated heterocycles. The molecule has 0 saturated carbocycles. The molecule has 1 unspecified atom stereocenters. The van der Waals surface area contributed by atoms with Crippen molar-refractivity contribution in [2.24, 2.45) is 5.92 Å². The summed E-state index contributed by atoms with van der Waals surface area (Å²) in [6.45, 7) is 5.18. The van der Waals surface area contributed by atoms with Crippen LogP contribution in [0, 0.1) is 11.7 Å². The SMILES string of the molecule is CC(C)CNC(=O)C(Cc1ccccc1)N(Cc1ccc(F)cc1)C(=O)CCCOc1ccccc1. The number of carbonyl (C=O) groups excluding carboxylic acids is 2. The highest BCUT2D eigenvalue weighted by atomic mass is 19.1. The second-order valence-corrected chi connectivity index (χ2v) is 9.26. The molecule has 0 aliphatic rings. The van der Waals surface area contributed by atoms with Gasteiger partial charge in [-0.3, -0.25) is 9.59 Å². The highest BCUT2D eigenvalue weighted by molar-refractivity contribution is 5.88. The van der Waals surface area contributed by atoms with Gasteiger partial charge in [0.1, 0.15) is 17.6 Å². The van der Waals surface area contributed by atoms with Crippen molar-refractivity contribution in [3.63, 3.8) is 0 Å². The van der Waals surface area contributed by atoms with Gasteiger partial charge in [0.15, 0.2) is 0 Å². The molecule has 1 N–H and O–H groups in total. The van der Waals surface area contributed by atoms with Crippen molar-refractivity contribution in [1.29, 1.82) is 0 Å². The summed E-state index contributed by atoms with van der Waals surface area (Å²) < 4.78 is 19.3. The Morgan fingerprint density at radius 2 is 1.53 bits per heavy atom. The zero-order valence-electron chi connectivity index (χ0n) is 21.0. The van der Waals surface area contributed by atoms with Crippen molar-refractivity contribution in [2.75, 3.05) is 13.2 Å². The first-order valence-corrected chi connectivity index (χ1v) is 12.5. The van der Waals surface area contributed by atoms with Crippen LogP contribution in [-0.2, 0) is 22.6 Å². The van der Waals surface area contributed by atoms with E-state index in [4.69, 9.17) is 4.74 Å². The molecule has 3 aromatic carbocycles. The topological polar surface area (TPSA) is 58.6 Å². The fourth-order valence-corrected chi connectivity index (χ4v) is 3.84. The van der Waals surface area contributed by atoms with Gasteiger partial charge in [0, 0.05) is 25.9 Å². The highest BCUT2D eigenvalue weighted by Gasteiger charge is 2.30. The van der Waals surface area contributed by atoms with Crippen molar-refractivity contribution < 1.29 is 18.7 Å². The average molecular weight is 491 g/mol. The summed E-state index contributed by atoms with van der Waals surface area (Å²) in [5, 5.41) is 3.00. The number of ether oxygens (including phenoxy) is 1. The monoisotopic (exact) mass is 490 g/mol. The number of nitrogens with zero attached hydrogens (tertiary/aromatic N) is 1. The van der Waals surface area contributed by atoms with Crippen molar-refractivity contribution in [3.05, 3.63) is 102 Å². The molecule has 0 heterocycles. The average Bonchev–Trinajstić information content (AvgIpc) is 2.89. The number of benzene rings is 3. The van der Waals surface area contributed by atoms with Gasteiger partial charge in [0.2, 0.25) is 11.8 Å². The van der Waals surface area contributed by atoms with Crippen LogP contribution in [0.2, 0.25) is 0 Å². The number of hydrogen-bond donors (Lipinski definition) is 1. The second kappa shape index (κ2) is 14.0. The normalized spacial score (nSPS) is 11.7. The lowest BCUT2D eigenvalue weighted by Gasteiger charge is -2.32. The van der Waals surface area contributed by atoms with Crippen LogP contribution in [-0.4, -0.2) is 35.9 Å². The van der Waals surface area contributed by atoms with Crippen molar-refractivity contribution in [1.82, 2.24) is 10.2 Å². The molecule has 0 radical (unpaired) electrons. The van der Waals surface area contributed by atoms with Gasteiger partial charge < -0.3 is 15.0 Å². The summed E-state index contributed by atoms with van der Waals surface area (Å²) in [6.07, 6.45) is 1.13. The van der Waals surface area contributed by atoms with E-state index in [9.17, 15) is 14.0 Å². The third-order valence-corrected chi connectivity index (χ3v) is 5.77. The van der Waals surface area contributed by atoms with Crippen LogP contribution in [0.3, 0.4) is 0 Å². The third-order valence-electron chi connectivity index (χ3n) is 5.77. The van der Waals surface area contributed by atoms with Crippen molar-refractivity contribution in [2.45, 2.75) is 45.7 Å². The Labute approximate surface area is 213 Å². The Morgan fingerprint density at radius 1 is 0.889 bits per heavy atom. The number of carbonyl (C=O) groups is 2.